The van der Waals surface area contributed by atoms with E-state index in [-0.39, 0.29) is 18.3 Å². The van der Waals surface area contributed by atoms with Crippen molar-refractivity contribution in [2.24, 2.45) is 5.92 Å². The summed E-state index contributed by atoms with van der Waals surface area (Å²) in [7, 11) is 0. The Bertz CT molecular complexity index is 438. The Morgan fingerprint density at radius 3 is 3.11 bits per heavy atom. The van der Waals surface area contributed by atoms with Crippen LogP contribution in [0.1, 0.15) is 5.56 Å². The van der Waals surface area contributed by atoms with Gasteiger partial charge in [-0.3, -0.25) is 9.69 Å². The smallest absolute Gasteiger partial charge is 0.317 e. The highest BCUT2D eigenvalue weighted by atomic mass is 19.1. The lowest BCUT2D eigenvalue weighted by Crippen LogP contribution is -2.35. The van der Waals surface area contributed by atoms with Crippen LogP contribution in [0, 0.1) is 11.7 Å². The summed E-state index contributed by atoms with van der Waals surface area (Å²) in [5, 5.41) is 8.84. The molecule has 1 heterocycles. The molecule has 1 atom stereocenters. The Labute approximate surface area is 111 Å². The summed E-state index contributed by atoms with van der Waals surface area (Å²) < 4.78 is 18.6. The molecule has 1 fully saturated rings. The van der Waals surface area contributed by atoms with Gasteiger partial charge < -0.3 is 9.84 Å². The van der Waals surface area contributed by atoms with Crippen molar-refractivity contribution in [1.82, 2.24) is 4.90 Å². The monoisotopic (exact) mass is 267 g/mol. The van der Waals surface area contributed by atoms with Crippen molar-refractivity contribution in [2.75, 3.05) is 32.8 Å². The topological polar surface area (TPSA) is 49.8 Å². The number of nitrogens with zero attached hydrogens (tertiary/aromatic N) is 1. The minimum atomic E-state index is -0.827. The van der Waals surface area contributed by atoms with Crippen molar-refractivity contribution in [3.63, 3.8) is 0 Å². The van der Waals surface area contributed by atoms with E-state index in [9.17, 15) is 9.18 Å². The number of rotatable bonds is 4. The van der Waals surface area contributed by atoms with Crippen LogP contribution in [0.5, 0.6) is 0 Å². The number of halogens is 1. The molecule has 0 saturated carbocycles. The van der Waals surface area contributed by atoms with Crippen LogP contribution in [-0.2, 0) is 16.0 Å². The number of benzene rings is 1. The highest BCUT2D eigenvalue weighted by molar-refractivity contribution is 5.69. The Kier molecular flexibility index (Phi) is 4.87. The lowest BCUT2D eigenvalue weighted by Gasteiger charge is -2.21. The van der Waals surface area contributed by atoms with Crippen molar-refractivity contribution in [2.45, 2.75) is 6.42 Å². The fraction of sp³-hybridized carbons (Fsp3) is 0.500. The maximum Gasteiger partial charge on any atom is 0.317 e. The molecular formula is C14H18FNO3. The van der Waals surface area contributed by atoms with Crippen LogP contribution in [0.25, 0.3) is 0 Å². The van der Waals surface area contributed by atoms with E-state index < -0.39 is 5.97 Å². The molecule has 1 saturated heterocycles. The first-order valence-corrected chi connectivity index (χ1v) is 6.40. The standard InChI is InChI=1S/C14H18FNO3/c15-13-3-1-2-11(7-13)6-12-8-16(9-14(17)18)4-5-19-10-12/h1-3,7,12H,4-6,8-10H2,(H,17,18)/t12-/m0/s1. The van der Waals surface area contributed by atoms with Gasteiger partial charge in [0, 0.05) is 13.1 Å². The summed E-state index contributed by atoms with van der Waals surface area (Å²) in [6.07, 6.45) is 0.702. The summed E-state index contributed by atoms with van der Waals surface area (Å²) in [4.78, 5) is 12.6. The first-order chi connectivity index (χ1) is 9.13. The van der Waals surface area contributed by atoms with Crippen molar-refractivity contribution >= 4 is 5.97 Å². The number of ether oxygens (including phenoxy) is 1. The molecule has 19 heavy (non-hydrogen) atoms. The molecule has 2 rings (SSSR count). The van der Waals surface area contributed by atoms with Gasteiger partial charge in [0.05, 0.1) is 19.8 Å². The molecule has 5 heteroatoms. The zero-order valence-corrected chi connectivity index (χ0v) is 10.7. The van der Waals surface area contributed by atoms with Crippen LogP contribution >= 0.6 is 0 Å². The van der Waals surface area contributed by atoms with Gasteiger partial charge in [0.25, 0.3) is 0 Å². The van der Waals surface area contributed by atoms with Gasteiger partial charge in [0.1, 0.15) is 5.82 Å². The number of aliphatic carboxylic acids is 1. The molecule has 0 bridgehead atoms. The zero-order valence-electron chi connectivity index (χ0n) is 10.7. The average Bonchev–Trinajstić information content (AvgIpc) is 2.53. The lowest BCUT2D eigenvalue weighted by molar-refractivity contribution is -0.138. The van der Waals surface area contributed by atoms with Gasteiger partial charge in [-0.2, -0.15) is 0 Å². The minimum Gasteiger partial charge on any atom is -0.480 e. The molecule has 104 valence electrons. The van der Waals surface area contributed by atoms with Gasteiger partial charge in [0.2, 0.25) is 0 Å². The first-order valence-electron chi connectivity index (χ1n) is 6.40. The van der Waals surface area contributed by atoms with E-state index in [4.69, 9.17) is 9.84 Å². The number of hydrogen-bond donors (Lipinski definition) is 1. The molecule has 0 amide bonds. The van der Waals surface area contributed by atoms with Gasteiger partial charge in [-0.05, 0) is 30.0 Å². The average molecular weight is 267 g/mol. The molecule has 0 radical (unpaired) electrons. The number of carboxylic acid groups (broad SMARTS) is 1. The van der Waals surface area contributed by atoms with E-state index in [1.807, 2.05) is 11.0 Å². The molecule has 0 spiro atoms. The van der Waals surface area contributed by atoms with E-state index in [0.717, 1.165) is 5.56 Å². The summed E-state index contributed by atoms with van der Waals surface area (Å²) >= 11 is 0. The second-order valence-electron chi connectivity index (χ2n) is 4.90. The summed E-state index contributed by atoms with van der Waals surface area (Å²) in [6, 6.07) is 6.52. The Morgan fingerprint density at radius 2 is 2.37 bits per heavy atom. The first kappa shape index (κ1) is 14.0. The van der Waals surface area contributed by atoms with Crippen molar-refractivity contribution in [3.05, 3.63) is 35.6 Å². The minimum absolute atomic E-state index is 0.0308. The SMILES string of the molecule is O=C(O)CN1CCOC[C@@H](Cc2cccc(F)c2)C1. The van der Waals surface area contributed by atoms with Gasteiger partial charge in [0.15, 0.2) is 0 Å². The van der Waals surface area contributed by atoms with E-state index in [2.05, 4.69) is 0 Å². The molecule has 0 unspecified atom stereocenters. The number of carbonyl (C=O) groups is 1. The molecular weight excluding hydrogens is 249 g/mol. The maximum atomic E-state index is 13.1. The molecule has 4 nitrogen and oxygen atoms in total. The molecule has 1 aliphatic rings. The van der Waals surface area contributed by atoms with Crippen LogP contribution in [0.3, 0.4) is 0 Å². The van der Waals surface area contributed by atoms with E-state index in [1.54, 1.807) is 6.07 Å². The molecule has 0 aliphatic carbocycles. The Balaban J connectivity index is 1.96. The van der Waals surface area contributed by atoms with E-state index >= 15 is 0 Å². The zero-order chi connectivity index (χ0) is 13.7. The Hall–Kier alpha value is -1.46. The van der Waals surface area contributed by atoms with Crippen LogP contribution in [0.4, 0.5) is 4.39 Å². The predicted octanol–water partition coefficient (Wildman–Crippen LogP) is 1.40. The summed E-state index contributed by atoms with van der Waals surface area (Å²) in [5.41, 5.74) is 0.922. The van der Waals surface area contributed by atoms with Gasteiger partial charge in [-0.1, -0.05) is 12.1 Å². The van der Waals surface area contributed by atoms with Gasteiger partial charge >= 0.3 is 5.97 Å². The van der Waals surface area contributed by atoms with E-state index in [1.165, 1.54) is 12.1 Å². The molecule has 1 aromatic rings. The van der Waals surface area contributed by atoms with Crippen LogP contribution in [-0.4, -0.2) is 48.8 Å². The Morgan fingerprint density at radius 1 is 1.53 bits per heavy atom. The third-order valence-electron chi connectivity index (χ3n) is 3.19. The van der Waals surface area contributed by atoms with Gasteiger partial charge in [-0.15, -0.1) is 0 Å². The maximum absolute atomic E-state index is 13.1. The van der Waals surface area contributed by atoms with Crippen molar-refractivity contribution in [3.8, 4) is 0 Å². The predicted molar refractivity (Wildman–Crippen MR) is 68.5 cm³/mol. The van der Waals surface area contributed by atoms with E-state index in [0.29, 0.717) is 32.7 Å². The quantitative estimate of drug-likeness (QED) is 0.896. The van der Waals surface area contributed by atoms with Crippen LogP contribution in [0.15, 0.2) is 24.3 Å². The molecule has 1 N–H and O–H groups in total. The summed E-state index contributed by atoms with van der Waals surface area (Å²) in [6.45, 7) is 2.47. The van der Waals surface area contributed by atoms with Crippen molar-refractivity contribution in [1.29, 1.82) is 0 Å². The highest BCUT2D eigenvalue weighted by Gasteiger charge is 2.20. The van der Waals surface area contributed by atoms with Crippen LogP contribution in [0.2, 0.25) is 0 Å². The third kappa shape index (κ3) is 4.61. The fourth-order valence-electron chi connectivity index (χ4n) is 2.41. The normalized spacial score (nSPS) is 21.0. The van der Waals surface area contributed by atoms with Crippen molar-refractivity contribution < 1.29 is 19.0 Å². The second-order valence-corrected chi connectivity index (χ2v) is 4.90. The fourth-order valence-corrected chi connectivity index (χ4v) is 2.41. The molecule has 1 aliphatic heterocycles. The largest absolute Gasteiger partial charge is 0.480 e. The molecule has 0 aromatic heterocycles. The lowest BCUT2D eigenvalue weighted by atomic mass is 9.99. The van der Waals surface area contributed by atoms with Gasteiger partial charge in [-0.25, -0.2) is 4.39 Å². The molecule has 1 aromatic carbocycles. The number of carboxylic acids is 1. The second kappa shape index (κ2) is 6.63. The summed E-state index contributed by atoms with van der Waals surface area (Å²) in [5.74, 6) is -0.871. The number of hydrogen-bond acceptors (Lipinski definition) is 3. The van der Waals surface area contributed by atoms with Crippen LogP contribution < -0.4 is 0 Å². The highest BCUT2D eigenvalue weighted by Crippen LogP contribution is 2.14. The third-order valence-corrected chi connectivity index (χ3v) is 3.19.